The van der Waals surface area contributed by atoms with Gasteiger partial charge in [0.2, 0.25) is 0 Å². The molecule has 1 aromatic rings. The molecular weight excluding hydrogens is 234 g/mol. The maximum absolute atomic E-state index is 4.55. The van der Waals surface area contributed by atoms with Crippen molar-refractivity contribution in [2.75, 3.05) is 25.5 Å². The maximum atomic E-state index is 4.55. The van der Waals surface area contributed by atoms with Crippen LogP contribution in [0.2, 0.25) is 0 Å². The number of aromatic nitrogens is 1. The van der Waals surface area contributed by atoms with E-state index in [2.05, 4.69) is 48.2 Å². The van der Waals surface area contributed by atoms with Crippen molar-refractivity contribution in [2.24, 2.45) is 5.92 Å². The normalized spacial score (nSPS) is 20.8. The van der Waals surface area contributed by atoms with Gasteiger partial charge in [-0.1, -0.05) is 20.3 Å². The molecule has 3 heteroatoms. The summed E-state index contributed by atoms with van der Waals surface area (Å²) < 4.78 is 0. The van der Waals surface area contributed by atoms with Crippen molar-refractivity contribution in [3.8, 4) is 0 Å². The van der Waals surface area contributed by atoms with Crippen molar-refractivity contribution < 1.29 is 0 Å². The highest BCUT2D eigenvalue weighted by molar-refractivity contribution is 5.44. The summed E-state index contributed by atoms with van der Waals surface area (Å²) in [5.41, 5.74) is 2.63. The zero-order valence-corrected chi connectivity index (χ0v) is 12.7. The van der Waals surface area contributed by atoms with Crippen LogP contribution < -0.4 is 5.32 Å². The zero-order chi connectivity index (χ0) is 13.8. The van der Waals surface area contributed by atoms with E-state index in [9.17, 15) is 0 Å². The van der Waals surface area contributed by atoms with Crippen LogP contribution >= 0.6 is 0 Å². The average molecular weight is 261 g/mol. The summed E-state index contributed by atoms with van der Waals surface area (Å²) in [6, 6.07) is 2.87. The number of hydrogen-bond acceptors (Lipinski definition) is 3. The van der Waals surface area contributed by atoms with E-state index in [1.54, 1.807) is 0 Å². The minimum absolute atomic E-state index is 0.563. The zero-order valence-electron chi connectivity index (χ0n) is 12.7. The third kappa shape index (κ3) is 3.47. The van der Waals surface area contributed by atoms with Gasteiger partial charge in [-0.2, -0.15) is 0 Å². The molecule has 1 fully saturated rings. The van der Waals surface area contributed by atoms with E-state index in [0.29, 0.717) is 6.04 Å². The number of hydrogen-bond donors (Lipinski definition) is 1. The van der Waals surface area contributed by atoms with Gasteiger partial charge < -0.3 is 5.32 Å². The number of aryl methyl sites for hydroxylation is 1. The molecular formula is C16H27N3. The topological polar surface area (TPSA) is 28.2 Å². The summed E-state index contributed by atoms with van der Waals surface area (Å²) in [7, 11) is 1.93. The highest BCUT2D eigenvalue weighted by atomic mass is 15.2. The molecule has 0 saturated carbocycles. The minimum Gasteiger partial charge on any atom is -0.373 e. The fraction of sp³-hybridized carbons (Fsp3) is 0.688. The molecule has 1 N–H and O–H groups in total. The highest BCUT2D eigenvalue weighted by Gasteiger charge is 2.24. The van der Waals surface area contributed by atoms with Crippen LogP contribution in [0.25, 0.3) is 0 Å². The van der Waals surface area contributed by atoms with Gasteiger partial charge in [0.05, 0.1) is 0 Å². The van der Waals surface area contributed by atoms with Crippen LogP contribution in [0.3, 0.4) is 0 Å². The average Bonchev–Trinajstić information content (AvgIpc) is 2.38. The first kappa shape index (κ1) is 14.3. The van der Waals surface area contributed by atoms with Gasteiger partial charge in [-0.25, -0.2) is 4.98 Å². The lowest BCUT2D eigenvalue weighted by Crippen LogP contribution is -2.36. The van der Waals surface area contributed by atoms with Crippen molar-refractivity contribution in [2.45, 2.75) is 46.1 Å². The van der Waals surface area contributed by atoms with Crippen LogP contribution in [0, 0.1) is 12.8 Å². The number of rotatable bonds is 4. The van der Waals surface area contributed by atoms with Gasteiger partial charge >= 0.3 is 0 Å². The van der Waals surface area contributed by atoms with Crippen molar-refractivity contribution >= 4 is 5.82 Å². The molecule has 0 aliphatic carbocycles. The van der Waals surface area contributed by atoms with Crippen LogP contribution in [0.1, 0.15) is 50.3 Å². The Labute approximate surface area is 117 Å². The van der Waals surface area contributed by atoms with Gasteiger partial charge in [-0.3, -0.25) is 4.90 Å². The molecule has 0 aromatic carbocycles. The first-order chi connectivity index (χ1) is 9.11. The Morgan fingerprint density at radius 2 is 2.21 bits per heavy atom. The minimum atomic E-state index is 0.563. The van der Waals surface area contributed by atoms with Gasteiger partial charge in [-0.15, -0.1) is 0 Å². The number of anilines is 1. The molecule has 1 aliphatic heterocycles. The summed E-state index contributed by atoms with van der Waals surface area (Å²) >= 11 is 0. The second-order valence-electron chi connectivity index (χ2n) is 6.08. The quantitative estimate of drug-likeness (QED) is 0.897. The van der Waals surface area contributed by atoms with Gasteiger partial charge in [0.15, 0.2) is 0 Å². The Morgan fingerprint density at radius 3 is 2.84 bits per heavy atom. The van der Waals surface area contributed by atoms with Crippen molar-refractivity contribution in [1.29, 1.82) is 0 Å². The fourth-order valence-corrected chi connectivity index (χ4v) is 3.10. The maximum Gasteiger partial charge on any atom is 0.128 e. The van der Waals surface area contributed by atoms with E-state index in [4.69, 9.17) is 0 Å². The summed E-state index contributed by atoms with van der Waals surface area (Å²) in [5, 5.41) is 3.14. The molecule has 19 heavy (non-hydrogen) atoms. The summed E-state index contributed by atoms with van der Waals surface area (Å²) in [6.45, 7) is 9.17. The lowest BCUT2D eigenvalue weighted by atomic mass is 9.94. The molecule has 1 atom stereocenters. The monoisotopic (exact) mass is 261 g/mol. The Hall–Kier alpha value is -1.09. The summed E-state index contributed by atoms with van der Waals surface area (Å²) in [4.78, 5) is 7.19. The van der Waals surface area contributed by atoms with E-state index in [1.807, 2.05) is 7.05 Å². The lowest BCUT2D eigenvalue weighted by Gasteiger charge is -2.37. The van der Waals surface area contributed by atoms with Gasteiger partial charge in [0.25, 0.3) is 0 Å². The van der Waals surface area contributed by atoms with Gasteiger partial charge in [0.1, 0.15) is 5.82 Å². The van der Waals surface area contributed by atoms with E-state index >= 15 is 0 Å². The molecule has 1 saturated heterocycles. The van der Waals surface area contributed by atoms with Crippen LogP contribution in [0.4, 0.5) is 5.82 Å². The van der Waals surface area contributed by atoms with Crippen molar-refractivity contribution in [3.63, 3.8) is 0 Å². The molecule has 0 spiro atoms. The molecule has 1 aliphatic rings. The van der Waals surface area contributed by atoms with Crippen LogP contribution in [-0.4, -0.2) is 30.0 Å². The molecule has 1 aromatic heterocycles. The molecule has 3 nitrogen and oxygen atoms in total. The number of nitrogens with zero attached hydrogens (tertiary/aromatic N) is 2. The number of nitrogens with one attached hydrogen (secondary N) is 1. The molecule has 0 amide bonds. The second kappa shape index (κ2) is 6.38. The Balaban J connectivity index is 2.19. The number of likely N-dealkylation sites (tertiary alicyclic amines) is 1. The van der Waals surface area contributed by atoms with Crippen molar-refractivity contribution in [1.82, 2.24) is 9.88 Å². The smallest absolute Gasteiger partial charge is 0.128 e. The predicted molar refractivity (Wildman–Crippen MR) is 81.5 cm³/mol. The highest BCUT2D eigenvalue weighted by Crippen LogP contribution is 2.32. The van der Waals surface area contributed by atoms with E-state index in [-0.39, 0.29) is 0 Å². The first-order valence-electron chi connectivity index (χ1n) is 7.50. The molecule has 106 valence electrons. The molecule has 0 bridgehead atoms. The molecule has 2 heterocycles. The van der Waals surface area contributed by atoms with E-state index in [1.165, 1.54) is 43.5 Å². The van der Waals surface area contributed by atoms with Gasteiger partial charge in [-0.05, 0) is 49.4 Å². The Bertz CT molecular complexity index is 414. The Kier molecular flexibility index (Phi) is 4.81. The SMILES string of the molecule is CNc1ncc([C@@H]2CCCCN2CC(C)C)cc1C. The van der Waals surface area contributed by atoms with Crippen LogP contribution in [-0.2, 0) is 0 Å². The van der Waals surface area contributed by atoms with Crippen LogP contribution in [0.15, 0.2) is 12.3 Å². The summed E-state index contributed by atoms with van der Waals surface area (Å²) in [5.74, 6) is 1.72. The molecule has 0 unspecified atom stereocenters. The number of piperidine rings is 1. The third-order valence-corrected chi connectivity index (χ3v) is 3.93. The van der Waals surface area contributed by atoms with Crippen LogP contribution in [0.5, 0.6) is 0 Å². The number of pyridine rings is 1. The molecule has 2 rings (SSSR count). The first-order valence-corrected chi connectivity index (χ1v) is 7.50. The standard InChI is InChI=1S/C16H27N3/c1-12(2)11-19-8-6-5-7-15(19)14-9-13(3)16(17-4)18-10-14/h9-10,12,15H,5-8,11H2,1-4H3,(H,17,18)/t15-/m0/s1. The van der Waals surface area contributed by atoms with Gasteiger partial charge in [0, 0.05) is 25.8 Å². The lowest BCUT2D eigenvalue weighted by molar-refractivity contribution is 0.132. The fourth-order valence-electron chi connectivity index (χ4n) is 3.10. The van der Waals surface area contributed by atoms with Crippen molar-refractivity contribution in [3.05, 3.63) is 23.4 Å². The molecule has 0 radical (unpaired) electrons. The summed E-state index contributed by atoms with van der Waals surface area (Å²) in [6.07, 6.45) is 6.01. The van der Waals surface area contributed by atoms with E-state index < -0.39 is 0 Å². The van der Waals surface area contributed by atoms with E-state index in [0.717, 1.165) is 11.7 Å². The third-order valence-electron chi connectivity index (χ3n) is 3.93. The Morgan fingerprint density at radius 1 is 1.42 bits per heavy atom. The predicted octanol–water partition coefficient (Wildman–Crippen LogP) is 3.61. The second-order valence-corrected chi connectivity index (χ2v) is 6.08. The largest absolute Gasteiger partial charge is 0.373 e.